The van der Waals surface area contributed by atoms with Crippen molar-refractivity contribution in [2.75, 3.05) is 43.1 Å². The molecule has 0 spiro atoms. The first-order valence-corrected chi connectivity index (χ1v) is 17.9. The average molecular weight is 712 g/mol. The largest absolute Gasteiger partial charge is 0.399 e. The minimum absolute atomic E-state index is 0.0525. The normalized spacial score (nSPS) is 9.47. The van der Waals surface area contributed by atoms with Gasteiger partial charge in [-0.1, -0.05) is 35.4 Å². The van der Waals surface area contributed by atoms with E-state index in [0.29, 0.717) is 23.1 Å². The summed E-state index contributed by atoms with van der Waals surface area (Å²) in [6.07, 6.45) is 8.63. The second-order valence-corrected chi connectivity index (χ2v) is 12.9. The molecular weight excluding hydrogens is 676 g/mol. The molecule has 0 fully saturated rings. The number of nitrogen functional groups attached to an aromatic ring is 2. The maximum absolute atomic E-state index is 12.7. The van der Waals surface area contributed by atoms with E-state index in [2.05, 4.69) is 36.5 Å². The van der Waals surface area contributed by atoms with Gasteiger partial charge in [0, 0.05) is 33.3 Å². The SMILES string of the molecule is CC(C)CCON=O.CSSC.CSc1cc(F)cc([N+](=O)[O-])c1.CSc1cc(N)cc(F)c1.Nc1cc(F)cc([N+](=O)[O-])c1. The van der Waals surface area contributed by atoms with Gasteiger partial charge in [-0.25, -0.2) is 13.2 Å². The number of hydrogen-bond acceptors (Lipinski definition) is 13. The van der Waals surface area contributed by atoms with E-state index < -0.39 is 21.5 Å². The lowest BCUT2D eigenvalue weighted by Crippen LogP contribution is -1.93. The van der Waals surface area contributed by atoms with Crippen LogP contribution < -0.4 is 11.5 Å². The molecule has 0 aromatic heterocycles. The molecule has 0 aliphatic heterocycles. The Kier molecular flexibility index (Phi) is 25.2. The second-order valence-electron chi connectivity index (χ2n) is 8.45. The number of rotatable bonds is 9. The molecule has 11 nitrogen and oxygen atoms in total. The van der Waals surface area contributed by atoms with Crippen molar-refractivity contribution in [2.24, 2.45) is 11.3 Å². The van der Waals surface area contributed by atoms with E-state index in [1.54, 1.807) is 33.9 Å². The average Bonchev–Trinajstić information content (AvgIpc) is 2.97. The fourth-order valence-electron chi connectivity index (χ4n) is 2.50. The number of nitrogens with two attached hydrogens (primary N) is 2. The maximum atomic E-state index is 12.7. The van der Waals surface area contributed by atoms with Gasteiger partial charge in [0.05, 0.1) is 22.0 Å². The number of halogens is 3. The summed E-state index contributed by atoms with van der Waals surface area (Å²) >= 11 is 2.75. The zero-order chi connectivity index (χ0) is 34.9. The number of hydrogen-bond donors (Lipinski definition) is 2. The van der Waals surface area contributed by atoms with Gasteiger partial charge < -0.3 is 16.3 Å². The van der Waals surface area contributed by atoms with Crippen LogP contribution in [-0.4, -0.2) is 41.5 Å². The Balaban J connectivity index is 0. The molecule has 0 radical (unpaired) electrons. The Hall–Kier alpha value is -3.35. The van der Waals surface area contributed by atoms with Crippen LogP contribution >= 0.6 is 45.1 Å². The highest BCUT2D eigenvalue weighted by atomic mass is 33.1. The molecule has 0 amide bonds. The fourth-order valence-corrected chi connectivity index (χ4v) is 3.45. The zero-order valence-corrected chi connectivity index (χ0v) is 28.7. The first-order chi connectivity index (χ1) is 21.1. The summed E-state index contributed by atoms with van der Waals surface area (Å²) in [5.41, 5.74) is 10.5. The molecule has 0 atom stereocenters. The smallest absolute Gasteiger partial charge is 0.274 e. The van der Waals surface area contributed by atoms with E-state index in [0.717, 1.165) is 35.6 Å². The van der Waals surface area contributed by atoms with Crippen molar-refractivity contribution in [3.63, 3.8) is 0 Å². The van der Waals surface area contributed by atoms with Crippen LogP contribution in [0.3, 0.4) is 0 Å². The molecule has 0 saturated heterocycles. The molecule has 0 unspecified atom stereocenters. The maximum Gasteiger partial charge on any atom is 0.274 e. The number of nitrogens with zero attached hydrogens (tertiary/aromatic N) is 3. The number of nitro groups is 2. The summed E-state index contributed by atoms with van der Waals surface area (Å²) in [5.74, 6) is -0.966. The van der Waals surface area contributed by atoms with Crippen molar-refractivity contribution < 1.29 is 27.9 Å². The van der Waals surface area contributed by atoms with Crippen LogP contribution in [0.25, 0.3) is 0 Å². The van der Waals surface area contributed by atoms with Crippen molar-refractivity contribution in [1.82, 2.24) is 0 Å². The molecule has 4 N–H and O–H groups in total. The number of nitro benzene ring substituents is 2. The molecule has 0 saturated carbocycles. The Labute approximate surface area is 276 Å². The van der Waals surface area contributed by atoms with Crippen molar-refractivity contribution in [3.05, 3.63) is 97.2 Å². The highest BCUT2D eigenvalue weighted by Crippen LogP contribution is 2.22. The van der Waals surface area contributed by atoms with Crippen molar-refractivity contribution in [2.45, 2.75) is 30.1 Å². The molecular formula is C27H36F3N5O6S4. The molecule has 3 aromatic carbocycles. The standard InChI is InChI=1S/C7H6FNO2S.C7H8FNS.C6H5FN2O2.C5H11NO2.C2H6S2/c1-12-7-3-5(8)2-6(4-7)9(10)11;1-10-7-3-5(8)2-6(9)4-7;7-4-1-5(8)3-6(2-4)9(10)11;1-5(2)3-4-8-6-7;1-3-4-2/h2-4H,1H3;2-4H,9H2,1H3;1-3H,8H2;5H,3-4H2,1-2H3;1-2H3. The van der Waals surface area contributed by atoms with Gasteiger partial charge in [-0.15, -0.1) is 28.4 Å². The third-order valence-electron chi connectivity index (χ3n) is 4.55. The predicted octanol–water partition coefficient (Wildman–Crippen LogP) is 9.26. The van der Waals surface area contributed by atoms with Gasteiger partial charge in [-0.3, -0.25) is 20.2 Å². The van der Waals surface area contributed by atoms with E-state index in [1.807, 2.05) is 6.26 Å². The van der Waals surface area contributed by atoms with Crippen LogP contribution in [-0.2, 0) is 4.84 Å². The van der Waals surface area contributed by atoms with Crippen molar-refractivity contribution >= 4 is 67.9 Å². The molecule has 0 heterocycles. The lowest BCUT2D eigenvalue weighted by molar-refractivity contribution is -0.385. The lowest BCUT2D eigenvalue weighted by Gasteiger charge is -1.98. The summed E-state index contributed by atoms with van der Waals surface area (Å²) in [5, 5.41) is 22.6. The molecule has 0 aliphatic rings. The number of benzene rings is 3. The number of non-ortho nitro benzene ring substituents is 2. The quantitative estimate of drug-likeness (QED) is 0.0409. The third kappa shape index (κ3) is 23.7. The van der Waals surface area contributed by atoms with Gasteiger partial charge in [0.2, 0.25) is 0 Å². The molecule has 250 valence electrons. The number of anilines is 2. The summed E-state index contributed by atoms with van der Waals surface area (Å²) in [6.45, 7) is 4.57. The lowest BCUT2D eigenvalue weighted by atomic mass is 10.1. The van der Waals surface area contributed by atoms with Crippen LogP contribution in [0, 0.1) is 48.5 Å². The van der Waals surface area contributed by atoms with Crippen LogP contribution in [0.4, 0.5) is 35.9 Å². The summed E-state index contributed by atoms with van der Waals surface area (Å²) in [4.78, 5) is 34.0. The molecule has 45 heavy (non-hydrogen) atoms. The second kappa shape index (κ2) is 25.9. The zero-order valence-electron chi connectivity index (χ0n) is 25.4. The Morgan fingerprint density at radius 3 is 1.49 bits per heavy atom. The fraction of sp³-hybridized carbons (Fsp3) is 0.333. The van der Waals surface area contributed by atoms with Gasteiger partial charge >= 0.3 is 0 Å². The van der Waals surface area contributed by atoms with E-state index in [-0.39, 0.29) is 22.9 Å². The highest BCUT2D eigenvalue weighted by molar-refractivity contribution is 8.76. The minimum atomic E-state index is -0.698. The first kappa shape index (κ1) is 43.8. The molecule has 3 rings (SSSR count). The highest BCUT2D eigenvalue weighted by Gasteiger charge is 2.09. The van der Waals surface area contributed by atoms with E-state index in [9.17, 15) is 38.3 Å². The Morgan fingerprint density at radius 1 is 0.733 bits per heavy atom. The molecule has 18 heteroatoms. The van der Waals surface area contributed by atoms with E-state index in [4.69, 9.17) is 11.5 Å². The van der Waals surface area contributed by atoms with Crippen LogP contribution in [0.2, 0.25) is 0 Å². The molecule has 0 aliphatic carbocycles. The summed E-state index contributed by atoms with van der Waals surface area (Å²) in [7, 11) is 3.55. The van der Waals surface area contributed by atoms with Gasteiger partial charge in [-0.2, -0.15) is 0 Å². The Morgan fingerprint density at radius 2 is 1.13 bits per heavy atom. The van der Waals surface area contributed by atoms with Crippen LogP contribution in [0.15, 0.2) is 69.7 Å². The predicted molar refractivity (Wildman–Crippen MR) is 183 cm³/mol. The Bertz CT molecular complexity index is 1290. The van der Waals surface area contributed by atoms with Gasteiger partial charge in [0.1, 0.15) is 24.1 Å². The van der Waals surface area contributed by atoms with Crippen molar-refractivity contribution in [3.8, 4) is 0 Å². The first-order valence-electron chi connectivity index (χ1n) is 12.4. The minimum Gasteiger partial charge on any atom is -0.399 e. The summed E-state index contributed by atoms with van der Waals surface area (Å²) < 4.78 is 37.6. The monoisotopic (exact) mass is 711 g/mol. The van der Waals surface area contributed by atoms with E-state index >= 15 is 0 Å². The molecule has 0 bridgehead atoms. The van der Waals surface area contributed by atoms with Gasteiger partial charge in [0.15, 0.2) is 5.34 Å². The topological polar surface area (TPSA) is 177 Å². The van der Waals surface area contributed by atoms with Crippen molar-refractivity contribution in [1.29, 1.82) is 0 Å². The van der Waals surface area contributed by atoms with Crippen LogP contribution in [0.1, 0.15) is 20.3 Å². The van der Waals surface area contributed by atoms with Gasteiger partial charge in [0.25, 0.3) is 11.4 Å². The molecule has 3 aromatic rings. The van der Waals surface area contributed by atoms with E-state index in [1.165, 1.54) is 47.8 Å². The number of thioether (sulfide) groups is 2. The van der Waals surface area contributed by atoms with Gasteiger partial charge in [-0.05, 0) is 67.7 Å². The third-order valence-corrected chi connectivity index (χ3v) is 7.30. The summed E-state index contributed by atoms with van der Waals surface area (Å²) in [6, 6.07) is 11.0. The van der Waals surface area contributed by atoms with Crippen LogP contribution in [0.5, 0.6) is 0 Å².